The van der Waals surface area contributed by atoms with Gasteiger partial charge in [-0.1, -0.05) is 34.8 Å². The lowest BCUT2D eigenvalue weighted by atomic mass is 10.0. The molecule has 0 aromatic heterocycles. The van der Waals surface area contributed by atoms with Gasteiger partial charge in [0.2, 0.25) is 0 Å². The summed E-state index contributed by atoms with van der Waals surface area (Å²) in [5.41, 5.74) is 2.63. The van der Waals surface area contributed by atoms with E-state index in [1.807, 2.05) is 19.1 Å². The van der Waals surface area contributed by atoms with Gasteiger partial charge in [0, 0.05) is 15.6 Å². The van der Waals surface area contributed by atoms with Crippen molar-refractivity contribution in [2.45, 2.75) is 6.92 Å². The molecule has 1 N–H and O–H groups in total. The number of hydrogen-bond donors (Lipinski definition) is 1. The second kappa shape index (κ2) is 4.36. The first kappa shape index (κ1) is 11.3. The van der Waals surface area contributed by atoms with Crippen molar-refractivity contribution in [1.82, 2.24) is 0 Å². The quantitative estimate of drug-likeness (QED) is 0.782. The van der Waals surface area contributed by atoms with Crippen LogP contribution in [-0.4, -0.2) is 5.11 Å². The van der Waals surface area contributed by atoms with Gasteiger partial charge in [0.25, 0.3) is 0 Å². The van der Waals surface area contributed by atoms with E-state index in [9.17, 15) is 5.11 Å². The normalized spacial score (nSPS) is 10.4. The molecule has 0 unspecified atom stereocenters. The summed E-state index contributed by atoms with van der Waals surface area (Å²) in [6, 6.07) is 10.6. The number of hydrogen-bond acceptors (Lipinski definition) is 1. The third-order valence-electron chi connectivity index (χ3n) is 2.33. The number of aromatic hydroxyl groups is 1. The summed E-state index contributed by atoms with van der Waals surface area (Å²) in [5.74, 6) is 0.226. The van der Waals surface area contributed by atoms with Crippen LogP contribution in [0.2, 0.25) is 10.0 Å². The van der Waals surface area contributed by atoms with Crippen LogP contribution < -0.4 is 0 Å². The van der Waals surface area contributed by atoms with Crippen molar-refractivity contribution in [1.29, 1.82) is 0 Å². The Kier molecular flexibility index (Phi) is 3.08. The molecule has 0 heterocycles. The van der Waals surface area contributed by atoms with Crippen LogP contribution in [0.4, 0.5) is 0 Å². The average molecular weight is 253 g/mol. The first-order valence-corrected chi connectivity index (χ1v) is 5.58. The Morgan fingerprint density at radius 3 is 2.19 bits per heavy atom. The van der Waals surface area contributed by atoms with Gasteiger partial charge in [-0.25, -0.2) is 0 Å². The molecular formula is C13H10Cl2O. The fourth-order valence-corrected chi connectivity index (χ4v) is 2.12. The topological polar surface area (TPSA) is 20.2 Å². The number of rotatable bonds is 1. The summed E-state index contributed by atoms with van der Waals surface area (Å²) in [6.45, 7) is 1.97. The number of phenols is 1. The van der Waals surface area contributed by atoms with Crippen molar-refractivity contribution < 1.29 is 5.11 Å². The van der Waals surface area contributed by atoms with E-state index in [0.29, 0.717) is 10.0 Å². The van der Waals surface area contributed by atoms with Crippen LogP contribution >= 0.6 is 23.2 Å². The molecule has 0 aliphatic heterocycles. The van der Waals surface area contributed by atoms with Crippen LogP contribution in [0.25, 0.3) is 11.1 Å². The molecule has 2 aromatic rings. The Labute approximate surface area is 104 Å². The smallest absolute Gasteiger partial charge is 0.123 e. The Hall–Kier alpha value is -1.18. The van der Waals surface area contributed by atoms with E-state index in [0.717, 1.165) is 16.7 Å². The maximum Gasteiger partial charge on any atom is 0.123 e. The molecule has 0 atom stereocenters. The summed E-state index contributed by atoms with van der Waals surface area (Å²) in [6.07, 6.45) is 0. The van der Waals surface area contributed by atoms with Gasteiger partial charge in [0.05, 0.1) is 0 Å². The number of halogens is 2. The largest absolute Gasteiger partial charge is 0.507 e. The van der Waals surface area contributed by atoms with Crippen molar-refractivity contribution in [3.63, 3.8) is 0 Å². The number of aryl methyl sites for hydroxylation is 1. The Morgan fingerprint density at radius 1 is 0.938 bits per heavy atom. The fraction of sp³-hybridized carbons (Fsp3) is 0.0769. The third kappa shape index (κ3) is 2.31. The Morgan fingerprint density at radius 2 is 1.56 bits per heavy atom. The van der Waals surface area contributed by atoms with Gasteiger partial charge in [-0.05, 0) is 42.8 Å². The number of phenolic OH excluding ortho intramolecular Hbond substituents is 1. The van der Waals surface area contributed by atoms with E-state index < -0.39 is 0 Å². The molecule has 0 radical (unpaired) electrons. The summed E-state index contributed by atoms with van der Waals surface area (Å²) in [7, 11) is 0. The van der Waals surface area contributed by atoms with Crippen LogP contribution in [0.3, 0.4) is 0 Å². The molecule has 0 spiro atoms. The molecule has 3 heteroatoms. The minimum absolute atomic E-state index is 0.226. The van der Waals surface area contributed by atoms with E-state index in [4.69, 9.17) is 23.2 Å². The lowest BCUT2D eigenvalue weighted by Gasteiger charge is -2.07. The second-order valence-corrected chi connectivity index (χ2v) is 4.55. The van der Waals surface area contributed by atoms with Gasteiger partial charge in [0.1, 0.15) is 5.75 Å². The highest BCUT2D eigenvalue weighted by atomic mass is 35.5. The van der Waals surface area contributed by atoms with Crippen LogP contribution in [0, 0.1) is 6.92 Å². The summed E-state index contributed by atoms with van der Waals surface area (Å²) in [4.78, 5) is 0. The van der Waals surface area contributed by atoms with Crippen molar-refractivity contribution in [3.05, 3.63) is 52.0 Å². The maximum atomic E-state index is 9.78. The third-order valence-corrected chi connectivity index (χ3v) is 2.76. The van der Waals surface area contributed by atoms with Crippen molar-refractivity contribution in [2.24, 2.45) is 0 Å². The molecule has 2 rings (SSSR count). The molecule has 0 amide bonds. The SMILES string of the molecule is Cc1ccc(O)c(-c2cc(Cl)cc(Cl)c2)c1. The van der Waals surface area contributed by atoms with E-state index in [-0.39, 0.29) is 5.75 Å². The predicted octanol–water partition coefficient (Wildman–Crippen LogP) is 4.67. The van der Waals surface area contributed by atoms with Gasteiger partial charge in [0.15, 0.2) is 0 Å². The number of benzene rings is 2. The average Bonchev–Trinajstić information content (AvgIpc) is 2.20. The highest BCUT2D eigenvalue weighted by molar-refractivity contribution is 6.35. The second-order valence-electron chi connectivity index (χ2n) is 3.68. The monoisotopic (exact) mass is 252 g/mol. The van der Waals surface area contributed by atoms with Crippen LogP contribution in [-0.2, 0) is 0 Å². The minimum atomic E-state index is 0.226. The van der Waals surface area contributed by atoms with Crippen molar-refractivity contribution >= 4 is 23.2 Å². The molecular weight excluding hydrogens is 243 g/mol. The Balaban J connectivity index is 2.62. The van der Waals surface area contributed by atoms with Gasteiger partial charge < -0.3 is 5.11 Å². The van der Waals surface area contributed by atoms with Crippen LogP contribution in [0.15, 0.2) is 36.4 Å². The fourth-order valence-electron chi connectivity index (χ4n) is 1.59. The first-order chi connectivity index (χ1) is 7.56. The standard InChI is InChI=1S/C13H10Cl2O/c1-8-2-3-13(16)12(4-8)9-5-10(14)7-11(15)6-9/h2-7,16H,1H3. The van der Waals surface area contributed by atoms with Gasteiger partial charge in [-0.2, -0.15) is 0 Å². The van der Waals surface area contributed by atoms with E-state index in [1.165, 1.54) is 0 Å². The zero-order chi connectivity index (χ0) is 11.7. The van der Waals surface area contributed by atoms with Crippen LogP contribution in [0.5, 0.6) is 5.75 Å². The first-order valence-electron chi connectivity index (χ1n) is 4.82. The molecule has 0 bridgehead atoms. The molecule has 0 saturated heterocycles. The van der Waals surface area contributed by atoms with Crippen LogP contribution in [0.1, 0.15) is 5.56 Å². The lowest BCUT2D eigenvalue weighted by Crippen LogP contribution is -1.82. The molecule has 0 aliphatic carbocycles. The van der Waals surface area contributed by atoms with Crippen molar-refractivity contribution in [2.75, 3.05) is 0 Å². The molecule has 0 fully saturated rings. The van der Waals surface area contributed by atoms with E-state index in [2.05, 4.69) is 0 Å². The highest BCUT2D eigenvalue weighted by Gasteiger charge is 2.06. The summed E-state index contributed by atoms with van der Waals surface area (Å²) >= 11 is 11.9. The summed E-state index contributed by atoms with van der Waals surface area (Å²) in [5, 5.41) is 10.9. The molecule has 0 saturated carbocycles. The van der Waals surface area contributed by atoms with Gasteiger partial charge in [-0.15, -0.1) is 0 Å². The molecule has 1 nitrogen and oxygen atoms in total. The minimum Gasteiger partial charge on any atom is -0.507 e. The van der Waals surface area contributed by atoms with E-state index >= 15 is 0 Å². The summed E-state index contributed by atoms with van der Waals surface area (Å²) < 4.78 is 0. The van der Waals surface area contributed by atoms with Crippen molar-refractivity contribution in [3.8, 4) is 16.9 Å². The molecule has 0 aliphatic rings. The lowest BCUT2D eigenvalue weighted by molar-refractivity contribution is 0.477. The van der Waals surface area contributed by atoms with Gasteiger partial charge in [-0.3, -0.25) is 0 Å². The molecule has 82 valence electrons. The molecule has 16 heavy (non-hydrogen) atoms. The zero-order valence-electron chi connectivity index (χ0n) is 8.67. The maximum absolute atomic E-state index is 9.78. The Bertz CT molecular complexity index is 515. The van der Waals surface area contributed by atoms with E-state index in [1.54, 1.807) is 24.3 Å². The predicted molar refractivity (Wildman–Crippen MR) is 68.3 cm³/mol. The highest BCUT2D eigenvalue weighted by Crippen LogP contribution is 2.33. The zero-order valence-corrected chi connectivity index (χ0v) is 10.2. The van der Waals surface area contributed by atoms with Gasteiger partial charge >= 0.3 is 0 Å². The molecule has 2 aromatic carbocycles.